The Bertz CT molecular complexity index is 452. The average molecular weight is 313 g/mol. The SMILES string of the molecule is CC(=O)NC(CCCNCCCO)c1ccc(C)c(Cl)c1. The zero-order chi connectivity index (χ0) is 15.7. The summed E-state index contributed by atoms with van der Waals surface area (Å²) in [7, 11) is 0. The van der Waals surface area contributed by atoms with E-state index in [2.05, 4.69) is 10.6 Å². The third kappa shape index (κ3) is 6.93. The maximum absolute atomic E-state index is 11.4. The molecule has 0 fully saturated rings. The second kappa shape index (κ2) is 9.77. The van der Waals surface area contributed by atoms with Crippen LogP contribution in [0.15, 0.2) is 18.2 Å². The summed E-state index contributed by atoms with van der Waals surface area (Å²) >= 11 is 6.16. The fourth-order valence-corrected chi connectivity index (χ4v) is 2.34. The number of hydrogen-bond donors (Lipinski definition) is 3. The topological polar surface area (TPSA) is 61.4 Å². The second-order valence-corrected chi connectivity index (χ2v) is 5.64. The molecule has 1 atom stereocenters. The Balaban J connectivity index is 2.55. The van der Waals surface area contributed by atoms with E-state index in [1.807, 2.05) is 25.1 Å². The second-order valence-electron chi connectivity index (χ2n) is 5.23. The number of aliphatic hydroxyl groups is 1. The van der Waals surface area contributed by atoms with Gasteiger partial charge in [-0.3, -0.25) is 4.79 Å². The van der Waals surface area contributed by atoms with Gasteiger partial charge in [-0.1, -0.05) is 23.7 Å². The van der Waals surface area contributed by atoms with Gasteiger partial charge in [0.15, 0.2) is 0 Å². The molecule has 1 aromatic rings. The van der Waals surface area contributed by atoms with Crippen LogP contribution in [0.25, 0.3) is 0 Å². The van der Waals surface area contributed by atoms with Crippen LogP contribution >= 0.6 is 11.6 Å². The first-order chi connectivity index (χ1) is 10.0. The van der Waals surface area contributed by atoms with Gasteiger partial charge < -0.3 is 15.7 Å². The molecule has 0 radical (unpaired) electrons. The lowest BCUT2D eigenvalue weighted by atomic mass is 10.0. The molecule has 0 bridgehead atoms. The molecule has 1 amide bonds. The molecule has 0 aliphatic rings. The van der Waals surface area contributed by atoms with Crippen LogP contribution in [0.3, 0.4) is 0 Å². The molecule has 118 valence electrons. The highest BCUT2D eigenvalue weighted by atomic mass is 35.5. The standard InChI is InChI=1S/C16H25ClN2O2/c1-12-6-7-14(11-15(12)17)16(19-13(2)21)5-3-8-18-9-4-10-20/h6-7,11,16,18,20H,3-5,8-10H2,1-2H3,(H,19,21). The lowest BCUT2D eigenvalue weighted by molar-refractivity contribution is -0.119. The predicted octanol–water partition coefficient (Wildman–Crippen LogP) is 2.58. The average Bonchev–Trinajstić information content (AvgIpc) is 2.44. The van der Waals surface area contributed by atoms with Crippen molar-refractivity contribution in [3.63, 3.8) is 0 Å². The number of aryl methyl sites for hydroxylation is 1. The van der Waals surface area contributed by atoms with E-state index in [0.717, 1.165) is 48.5 Å². The van der Waals surface area contributed by atoms with Crippen molar-refractivity contribution in [3.05, 3.63) is 34.3 Å². The summed E-state index contributed by atoms with van der Waals surface area (Å²) in [6.07, 6.45) is 2.57. The van der Waals surface area contributed by atoms with Crippen LogP contribution in [0, 0.1) is 6.92 Å². The van der Waals surface area contributed by atoms with Crippen LogP contribution in [0.1, 0.15) is 43.4 Å². The highest BCUT2D eigenvalue weighted by Gasteiger charge is 2.13. The smallest absolute Gasteiger partial charge is 0.217 e. The molecule has 1 rings (SSSR count). The Morgan fingerprint density at radius 1 is 1.33 bits per heavy atom. The molecular weight excluding hydrogens is 288 g/mol. The van der Waals surface area contributed by atoms with Gasteiger partial charge >= 0.3 is 0 Å². The fourth-order valence-electron chi connectivity index (χ4n) is 2.15. The van der Waals surface area contributed by atoms with Gasteiger partial charge in [0.2, 0.25) is 5.91 Å². The molecule has 0 spiro atoms. The Kier molecular flexibility index (Phi) is 8.35. The van der Waals surface area contributed by atoms with E-state index in [1.165, 1.54) is 6.92 Å². The summed E-state index contributed by atoms with van der Waals surface area (Å²) in [5.41, 5.74) is 2.07. The number of benzene rings is 1. The number of amides is 1. The van der Waals surface area contributed by atoms with Gasteiger partial charge in [-0.25, -0.2) is 0 Å². The van der Waals surface area contributed by atoms with Crippen molar-refractivity contribution in [2.45, 2.75) is 39.2 Å². The molecule has 1 aromatic carbocycles. The molecule has 0 aliphatic heterocycles. The number of halogens is 1. The quantitative estimate of drug-likeness (QED) is 0.614. The largest absolute Gasteiger partial charge is 0.396 e. The zero-order valence-corrected chi connectivity index (χ0v) is 13.5. The maximum atomic E-state index is 11.4. The monoisotopic (exact) mass is 312 g/mol. The lowest BCUT2D eigenvalue weighted by Gasteiger charge is -2.19. The van der Waals surface area contributed by atoms with E-state index in [-0.39, 0.29) is 18.6 Å². The number of hydrogen-bond acceptors (Lipinski definition) is 3. The molecule has 0 aliphatic carbocycles. The minimum Gasteiger partial charge on any atom is -0.396 e. The van der Waals surface area contributed by atoms with E-state index in [9.17, 15) is 4.79 Å². The predicted molar refractivity (Wildman–Crippen MR) is 86.6 cm³/mol. The van der Waals surface area contributed by atoms with Gasteiger partial charge in [-0.2, -0.15) is 0 Å². The van der Waals surface area contributed by atoms with E-state index in [4.69, 9.17) is 16.7 Å². The third-order valence-corrected chi connectivity index (χ3v) is 3.74. The minimum atomic E-state index is -0.0371. The zero-order valence-electron chi connectivity index (χ0n) is 12.8. The number of nitrogens with one attached hydrogen (secondary N) is 2. The van der Waals surface area contributed by atoms with Crippen LogP contribution in [0.2, 0.25) is 5.02 Å². The number of carbonyl (C=O) groups excluding carboxylic acids is 1. The summed E-state index contributed by atoms with van der Waals surface area (Å²) in [6, 6.07) is 5.91. The van der Waals surface area contributed by atoms with E-state index < -0.39 is 0 Å². The highest BCUT2D eigenvalue weighted by Crippen LogP contribution is 2.24. The summed E-state index contributed by atoms with van der Waals surface area (Å²) in [4.78, 5) is 11.4. The fraction of sp³-hybridized carbons (Fsp3) is 0.562. The van der Waals surface area contributed by atoms with Crippen molar-refractivity contribution >= 4 is 17.5 Å². The summed E-state index contributed by atoms with van der Waals surface area (Å²) in [6.45, 7) is 5.39. The first-order valence-electron chi connectivity index (χ1n) is 7.39. The highest BCUT2D eigenvalue weighted by molar-refractivity contribution is 6.31. The van der Waals surface area contributed by atoms with E-state index >= 15 is 0 Å². The molecule has 0 aromatic heterocycles. The molecule has 0 saturated heterocycles. The molecule has 4 nitrogen and oxygen atoms in total. The van der Waals surface area contributed by atoms with Crippen LogP contribution in [0.5, 0.6) is 0 Å². The van der Waals surface area contributed by atoms with Crippen molar-refractivity contribution in [1.29, 1.82) is 0 Å². The van der Waals surface area contributed by atoms with Crippen LogP contribution in [-0.2, 0) is 4.79 Å². The van der Waals surface area contributed by atoms with Crippen LogP contribution in [0.4, 0.5) is 0 Å². The Morgan fingerprint density at radius 2 is 2.05 bits per heavy atom. The maximum Gasteiger partial charge on any atom is 0.217 e. The van der Waals surface area contributed by atoms with Crippen molar-refractivity contribution in [2.24, 2.45) is 0 Å². The molecule has 0 saturated carbocycles. The molecule has 1 unspecified atom stereocenters. The summed E-state index contributed by atoms with van der Waals surface area (Å²) in [5.74, 6) is -0.0371. The van der Waals surface area contributed by atoms with E-state index in [0.29, 0.717) is 0 Å². The van der Waals surface area contributed by atoms with Crippen molar-refractivity contribution < 1.29 is 9.90 Å². The van der Waals surface area contributed by atoms with Gasteiger partial charge in [-0.15, -0.1) is 0 Å². The van der Waals surface area contributed by atoms with Gasteiger partial charge in [-0.05, 0) is 56.5 Å². The first kappa shape index (κ1) is 18.0. The number of carbonyl (C=O) groups is 1. The molecule has 0 heterocycles. The van der Waals surface area contributed by atoms with E-state index in [1.54, 1.807) is 0 Å². The Morgan fingerprint density at radius 3 is 2.67 bits per heavy atom. The Labute approximate surface area is 131 Å². The third-order valence-electron chi connectivity index (χ3n) is 3.33. The number of aliphatic hydroxyl groups excluding tert-OH is 1. The van der Waals surface area contributed by atoms with Gasteiger partial charge in [0.25, 0.3) is 0 Å². The van der Waals surface area contributed by atoms with Crippen molar-refractivity contribution in [1.82, 2.24) is 10.6 Å². The van der Waals surface area contributed by atoms with Crippen molar-refractivity contribution in [2.75, 3.05) is 19.7 Å². The molecular formula is C16H25ClN2O2. The van der Waals surface area contributed by atoms with Gasteiger partial charge in [0, 0.05) is 18.6 Å². The van der Waals surface area contributed by atoms with Crippen molar-refractivity contribution in [3.8, 4) is 0 Å². The van der Waals surface area contributed by atoms with Gasteiger partial charge in [0.1, 0.15) is 0 Å². The van der Waals surface area contributed by atoms with Gasteiger partial charge in [0.05, 0.1) is 6.04 Å². The normalized spacial score (nSPS) is 12.2. The lowest BCUT2D eigenvalue weighted by Crippen LogP contribution is -2.27. The van der Waals surface area contributed by atoms with Crippen LogP contribution in [-0.4, -0.2) is 30.7 Å². The minimum absolute atomic E-state index is 0.0137. The first-order valence-corrected chi connectivity index (χ1v) is 7.77. The molecule has 21 heavy (non-hydrogen) atoms. The summed E-state index contributed by atoms with van der Waals surface area (Å²) < 4.78 is 0. The molecule has 5 heteroatoms. The van der Waals surface area contributed by atoms with Crippen LogP contribution < -0.4 is 10.6 Å². The summed E-state index contributed by atoms with van der Waals surface area (Å²) in [5, 5.41) is 15.7. The Hall–Kier alpha value is -1.10. The molecule has 3 N–H and O–H groups in total. The number of rotatable bonds is 9.